The number of hydrogen-bond donors (Lipinski definition) is 0. The summed E-state index contributed by atoms with van der Waals surface area (Å²) in [6, 6.07) is 4.27. The normalized spacial score (nSPS) is 13.3. The fraction of sp³-hybridized carbons (Fsp3) is 0.556. The Kier molecular flexibility index (Phi) is 3.95. The summed E-state index contributed by atoms with van der Waals surface area (Å²) in [5, 5.41) is 2.12. The van der Waals surface area contributed by atoms with Gasteiger partial charge < -0.3 is 0 Å². The monoisotopic (exact) mass is 188 g/mol. The molecular formula is C9H13ClS. The first-order valence-corrected chi connectivity index (χ1v) is 5.39. The summed E-state index contributed by atoms with van der Waals surface area (Å²) in [5.74, 6) is 1.34. The molecule has 2 heteroatoms. The first-order valence-electron chi connectivity index (χ1n) is 3.97. The van der Waals surface area contributed by atoms with Crippen molar-refractivity contribution >= 4 is 22.9 Å². The van der Waals surface area contributed by atoms with Gasteiger partial charge >= 0.3 is 0 Å². The van der Waals surface area contributed by atoms with Crippen LogP contribution in [0.3, 0.4) is 0 Å². The molecule has 0 aliphatic rings. The van der Waals surface area contributed by atoms with Crippen molar-refractivity contribution in [1.82, 2.24) is 0 Å². The van der Waals surface area contributed by atoms with Gasteiger partial charge in [-0.2, -0.15) is 0 Å². The van der Waals surface area contributed by atoms with Crippen LogP contribution in [0.1, 0.15) is 30.6 Å². The summed E-state index contributed by atoms with van der Waals surface area (Å²) >= 11 is 7.66. The third-order valence-electron chi connectivity index (χ3n) is 1.77. The maximum Gasteiger partial charge on any atom is 0.0300 e. The van der Waals surface area contributed by atoms with Crippen LogP contribution in [0.25, 0.3) is 0 Å². The van der Waals surface area contributed by atoms with Gasteiger partial charge in [0.1, 0.15) is 0 Å². The van der Waals surface area contributed by atoms with Crippen LogP contribution in [-0.4, -0.2) is 5.88 Å². The second kappa shape index (κ2) is 4.78. The molecule has 11 heavy (non-hydrogen) atoms. The van der Waals surface area contributed by atoms with E-state index in [0.29, 0.717) is 5.92 Å². The second-order valence-electron chi connectivity index (χ2n) is 2.66. The van der Waals surface area contributed by atoms with E-state index in [9.17, 15) is 0 Å². The van der Waals surface area contributed by atoms with Crippen LogP contribution in [0.5, 0.6) is 0 Å². The molecule has 0 fully saturated rings. The van der Waals surface area contributed by atoms with Crippen molar-refractivity contribution in [2.45, 2.75) is 25.7 Å². The quantitative estimate of drug-likeness (QED) is 0.630. The van der Waals surface area contributed by atoms with Crippen LogP contribution in [0.15, 0.2) is 17.5 Å². The molecule has 0 saturated heterocycles. The van der Waals surface area contributed by atoms with E-state index in [0.717, 1.165) is 5.88 Å². The summed E-state index contributed by atoms with van der Waals surface area (Å²) in [6.45, 7) is 2.20. The molecule has 0 amide bonds. The molecule has 0 radical (unpaired) electrons. The highest BCUT2D eigenvalue weighted by Gasteiger charge is 2.08. The summed E-state index contributed by atoms with van der Waals surface area (Å²) < 4.78 is 0. The summed E-state index contributed by atoms with van der Waals surface area (Å²) in [6.07, 6.45) is 2.43. The number of alkyl halides is 1. The third-order valence-corrected chi connectivity index (χ3v) is 3.18. The van der Waals surface area contributed by atoms with Crippen molar-refractivity contribution in [3.8, 4) is 0 Å². The minimum Gasteiger partial charge on any atom is -0.149 e. The number of thiophene rings is 1. The van der Waals surface area contributed by atoms with Gasteiger partial charge in [-0.1, -0.05) is 19.4 Å². The maximum absolute atomic E-state index is 5.84. The van der Waals surface area contributed by atoms with Crippen LogP contribution in [0.2, 0.25) is 0 Å². The van der Waals surface area contributed by atoms with Gasteiger partial charge in [-0.05, 0) is 17.9 Å². The van der Waals surface area contributed by atoms with Crippen molar-refractivity contribution in [3.63, 3.8) is 0 Å². The van der Waals surface area contributed by atoms with Crippen LogP contribution in [0.4, 0.5) is 0 Å². The summed E-state index contributed by atoms with van der Waals surface area (Å²) in [5.41, 5.74) is 0. The topological polar surface area (TPSA) is 0 Å². The van der Waals surface area contributed by atoms with Gasteiger partial charge in [-0.15, -0.1) is 22.9 Å². The SMILES string of the molecule is CCCC(CCl)c1cccs1. The zero-order chi connectivity index (χ0) is 8.10. The first kappa shape index (κ1) is 9.08. The Balaban J connectivity index is 2.56. The predicted octanol–water partition coefficient (Wildman–Crippen LogP) is 3.87. The van der Waals surface area contributed by atoms with Gasteiger partial charge in [0.2, 0.25) is 0 Å². The molecule has 0 aromatic carbocycles. The van der Waals surface area contributed by atoms with E-state index in [-0.39, 0.29) is 0 Å². The molecule has 0 bridgehead atoms. The van der Waals surface area contributed by atoms with Gasteiger partial charge in [-0.25, -0.2) is 0 Å². The summed E-state index contributed by atoms with van der Waals surface area (Å²) in [7, 11) is 0. The average molecular weight is 189 g/mol. The van der Waals surface area contributed by atoms with Crippen molar-refractivity contribution in [2.75, 3.05) is 5.88 Å². The van der Waals surface area contributed by atoms with Gasteiger partial charge in [0.05, 0.1) is 0 Å². The molecule has 1 heterocycles. The molecule has 0 N–H and O–H groups in total. The Morgan fingerprint density at radius 1 is 1.64 bits per heavy atom. The van der Waals surface area contributed by atoms with Crippen LogP contribution in [0, 0.1) is 0 Å². The van der Waals surface area contributed by atoms with Crippen molar-refractivity contribution < 1.29 is 0 Å². The van der Waals surface area contributed by atoms with E-state index < -0.39 is 0 Å². The molecule has 1 aromatic heterocycles. The lowest BCUT2D eigenvalue weighted by atomic mass is 10.0. The molecule has 1 unspecified atom stereocenters. The van der Waals surface area contributed by atoms with E-state index in [1.807, 2.05) is 11.3 Å². The molecule has 1 rings (SSSR count). The molecule has 1 aromatic rings. The molecule has 0 nitrogen and oxygen atoms in total. The zero-order valence-electron chi connectivity index (χ0n) is 6.72. The van der Waals surface area contributed by atoms with Crippen LogP contribution < -0.4 is 0 Å². The van der Waals surface area contributed by atoms with E-state index in [4.69, 9.17) is 11.6 Å². The van der Waals surface area contributed by atoms with Gasteiger partial charge in [-0.3, -0.25) is 0 Å². The molecule has 62 valence electrons. The Labute approximate surface area is 77.2 Å². The molecular weight excluding hydrogens is 176 g/mol. The average Bonchev–Trinajstić information content (AvgIpc) is 2.52. The number of hydrogen-bond acceptors (Lipinski definition) is 1. The predicted molar refractivity (Wildman–Crippen MR) is 52.7 cm³/mol. The lowest BCUT2D eigenvalue weighted by Gasteiger charge is -2.08. The Bertz CT molecular complexity index is 181. The zero-order valence-corrected chi connectivity index (χ0v) is 8.29. The highest BCUT2D eigenvalue weighted by atomic mass is 35.5. The minimum atomic E-state index is 0.585. The Morgan fingerprint density at radius 3 is 2.91 bits per heavy atom. The molecule has 0 aliphatic carbocycles. The fourth-order valence-corrected chi connectivity index (χ4v) is 2.44. The lowest BCUT2D eigenvalue weighted by molar-refractivity contribution is 0.680. The standard InChI is InChI=1S/C9H13ClS/c1-2-4-8(7-10)9-5-3-6-11-9/h3,5-6,8H,2,4,7H2,1H3. The highest BCUT2D eigenvalue weighted by Crippen LogP contribution is 2.26. The fourth-order valence-electron chi connectivity index (χ4n) is 1.17. The first-order chi connectivity index (χ1) is 5.38. The molecule has 0 spiro atoms. The van der Waals surface area contributed by atoms with E-state index >= 15 is 0 Å². The van der Waals surface area contributed by atoms with Crippen molar-refractivity contribution in [1.29, 1.82) is 0 Å². The largest absolute Gasteiger partial charge is 0.149 e. The van der Waals surface area contributed by atoms with Crippen LogP contribution in [-0.2, 0) is 0 Å². The van der Waals surface area contributed by atoms with Gasteiger partial charge in [0.15, 0.2) is 0 Å². The molecule has 0 aliphatic heterocycles. The van der Waals surface area contributed by atoms with Crippen LogP contribution >= 0.6 is 22.9 Å². The smallest absolute Gasteiger partial charge is 0.0300 e. The minimum absolute atomic E-state index is 0.585. The van der Waals surface area contributed by atoms with Crippen molar-refractivity contribution in [2.24, 2.45) is 0 Å². The van der Waals surface area contributed by atoms with Crippen molar-refractivity contribution in [3.05, 3.63) is 22.4 Å². The Morgan fingerprint density at radius 2 is 2.45 bits per heavy atom. The maximum atomic E-state index is 5.84. The highest BCUT2D eigenvalue weighted by molar-refractivity contribution is 7.10. The number of halogens is 1. The Hall–Kier alpha value is -0.0100. The van der Waals surface area contributed by atoms with Gasteiger partial charge in [0, 0.05) is 16.7 Å². The molecule has 0 saturated carbocycles. The summed E-state index contributed by atoms with van der Waals surface area (Å²) in [4.78, 5) is 1.43. The second-order valence-corrected chi connectivity index (χ2v) is 3.94. The van der Waals surface area contributed by atoms with E-state index in [1.165, 1.54) is 17.7 Å². The van der Waals surface area contributed by atoms with E-state index in [2.05, 4.69) is 24.4 Å². The molecule has 1 atom stereocenters. The van der Waals surface area contributed by atoms with Gasteiger partial charge in [0.25, 0.3) is 0 Å². The van der Waals surface area contributed by atoms with E-state index in [1.54, 1.807) is 0 Å². The lowest BCUT2D eigenvalue weighted by Crippen LogP contribution is -1.96. The number of rotatable bonds is 4. The third kappa shape index (κ3) is 2.49.